The number of nitrogens with zero attached hydrogens (tertiary/aromatic N) is 2. The van der Waals surface area contributed by atoms with E-state index in [0.717, 1.165) is 18.9 Å². The van der Waals surface area contributed by atoms with Crippen molar-refractivity contribution < 1.29 is 23.2 Å². The maximum Gasteiger partial charge on any atom is 0.293 e. The van der Waals surface area contributed by atoms with Gasteiger partial charge >= 0.3 is 0 Å². The van der Waals surface area contributed by atoms with Crippen molar-refractivity contribution in [2.45, 2.75) is 43.5 Å². The van der Waals surface area contributed by atoms with E-state index >= 15 is 0 Å². The van der Waals surface area contributed by atoms with E-state index in [2.05, 4.69) is 5.32 Å². The van der Waals surface area contributed by atoms with Gasteiger partial charge in [0.1, 0.15) is 5.69 Å². The van der Waals surface area contributed by atoms with Crippen LogP contribution in [0.5, 0.6) is 0 Å². The summed E-state index contributed by atoms with van der Waals surface area (Å²) in [4.78, 5) is 10.9. The Bertz CT molecular complexity index is 793. The molecule has 2 atom stereocenters. The zero-order valence-corrected chi connectivity index (χ0v) is 17.4. The van der Waals surface area contributed by atoms with Gasteiger partial charge in [-0.15, -0.1) is 0 Å². The van der Waals surface area contributed by atoms with Crippen molar-refractivity contribution in [2.24, 2.45) is 5.92 Å². The van der Waals surface area contributed by atoms with Gasteiger partial charge in [0.15, 0.2) is 0 Å². The van der Waals surface area contributed by atoms with Gasteiger partial charge in [0.05, 0.1) is 22.0 Å². The summed E-state index contributed by atoms with van der Waals surface area (Å²) in [5, 5.41) is 23.9. The van der Waals surface area contributed by atoms with E-state index in [9.17, 15) is 23.6 Å². The molecule has 0 aromatic heterocycles. The SMILES string of the molecule is COC[C@@](C)(CCO)Nc1ccc(S(=O)(=O)N2CCC[C@@H](C)C2)cc1[N+](=O)[O-]. The van der Waals surface area contributed by atoms with E-state index < -0.39 is 20.5 Å². The zero-order chi connectivity index (χ0) is 20.9. The fourth-order valence-electron chi connectivity index (χ4n) is 3.50. The first-order valence-electron chi connectivity index (χ1n) is 9.29. The molecule has 1 saturated heterocycles. The minimum Gasteiger partial charge on any atom is -0.396 e. The highest BCUT2D eigenvalue weighted by molar-refractivity contribution is 7.89. The van der Waals surface area contributed by atoms with Crippen LogP contribution in [0, 0.1) is 16.0 Å². The average Bonchev–Trinajstić information content (AvgIpc) is 2.62. The van der Waals surface area contributed by atoms with Gasteiger partial charge in [0, 0.05) is 32.9 Å². The lowest BCUT2D eigenvalue weighted by molar-refractivity contribution is -0.384. The van der Waals surface area contributed by atoms with Gasteiger partial charge in [-0.1, -0.05) is 6.92 Å². The van der Waals surface area contributed by atoms with E-state index in [0.29, 0.717) is 19.5 Å². The van der Waals surface area contributed by atoms with Crippen LogP contribution in [0.2, 0.25) is 0 Å². The van der Waals surface area contributed by atoms with Crippen LogP contribution in [0.3, 0.4) is 0 Å². The van der Waals surface area contributed by atoms with Crippen molar-refractivity contribution in [3.05, 3.63) is 28.3 Å². The third kappa shape index (κ3) is 5.19. The standard InChI is InChI=1S/C18H29N3O6S/c1-14-5-4-9-20(12-14)28(25,26)15-6-7-16(17(11-15)21(23)24)19-18(2,8-10-22)13-27-3/h6-7,11,14,19,22H,4-5,8-10,12-13H2,1-3H3/t14-,18-/m1/s1. The number of anilines is 1. The van der Waals surface area contributed by atoms with Crippen molar-refractivity contribution in [3.63, 3.8) is 0 Å². The van der Waals surface area contributed by atoms with Crippen LogP contribution in [0.15, 0.2) is 23.1 Å². The van der Waals surface area contributed by atoms with E-state index in [1.54, 1.807) is 6.92 Å². The lowest BCUT2D eigenvalue weighted by Gasteiger charge is -2.31. The third-order valence-corrected chi connectivity index (χ3v) is 6.85. The molecule has 0 bridgehead atoms. The summed E-state index contributed by atoms with van der Waals surface area (Å²) in [6.07, 6.45) is 2.06. The first-order chi connectivity index (χ1) is 13.1. The second-order valence-corrected chi connectivity index (χ2v) is 9.58. The summed E-state index contributed by atoms with van der Waals surface area (Å²) < 4.78 is 32.4. The molecule has 2 rings (SSSR count). The van der Waals surface area contributed by atoms with Crippen LogP contribution < -0.4 is 5.32 Å². The largest absolute Gasteiger partial charge is 0.396 e. The van der Waals surface area contributed by atoms with E-state index in [1.165, 1.54) is 23.5 Å². The summed E-state index contributed by atoms with van der Waals surface area (Å²) >= 11 is 0. The van der Waals surface area contributed by atoms with E-state index in [4.69, 9.17) is 4.74 Å². The molecule has 1 heterocycles. The molecule has 1 aromatic carbocycles. The Morgan fingerprint density at radius 2 is 2.18 bits per heavy atom. The molecule has 9 nitrogen and oxygen atoms in total. The number of aliphatic hydroxyl groups is 1. The summed E-state index contributed by atoms with van der Waals surface area (Å²) in [6.45, 7) is 4.70. The minimum atomic E-state index is -3.80. The number of hydrogen-bond donors (Lipinski definition) is 2. The normalized spacial score (nSPS) is 20.5. The van der Waals surface area contributed by atoms with Crippen LogP contribution in [0.4, 0.5) is 11.4 Å². The van der Waals surface area contributed by atoms with Gasteiger partial charge in [-0.3, -0.25) is 10.1 Å². The monoisotopic (exact) mass is 415 g/mol. The van der Waals surface area contributed by atoms with Crippen molar-refractivity contribution in [1.82, 2.24) is 4.31 Å². The third-order valence-electron chi connectivity index (χ3n) is 4.99. The Labute approximate surface area is 165 Å². The molecule has 10 heteroatoms. The Hall–Kier alpha value is -1.75. The fraction of sp³-hybridized carbons (Fsp3) is 0.667. The number of nitro benzene ring substituents is 1. The highest BCUT2D eigenvalue weighted by atomic mass is 32.2. The molecule has 0 aliphatic carbocycles. The fourth-order valence-corrected chi connectivity index (χ4v) is 5.12. The molecule has 1 fully saturated rings. The lowest BCUT2D eigenvalue weighted by Crippen LogP contribution is -2.41. The summed E-state index contributed by atoms with van der Waals surface area (Å²) in [7, 11) is -2.29. The number of aliphatic hydroxyl groups excluding tert-OH is 1. The lowest BCUT2D eigenvalue weighted by atomic mass is 9.98. The van der Waals surface area contributed by atoms with Crippen molar-refractivity contribution in [1.29, 1.82) is 0 Å². The molecule has 1 aliphatic heterocycles. The number of benzene rings is 1. The zero-order valence-electron chi connectivity index (χ0n) is 16.6. The molecule has 0 saturated carbocycles. The first kappa shape index (κ1) is 22.5. The molecule has 0 unspecified atom stereocenters. The molecule has 0 amide bonds. The summed E-state index contributed by atoms with van der Waals surface area (Å²) in [6, 6.07) is 3.89. The Morgan fingerprint density at radius 3 is 2.75 bits per heavy atom. The predicted octanol–water partition coefficient (Wildman–Crippen LogP) is 2.21. The molecule has 0 spiro atoms. The Balaban J connectivity index is 2.38. The smallest absolute Gasteiger partial charge is 0.293 e. The topological polar surface area (TPSA) is 122 Å². The molecule has 0 radical (unpaired) electrons. The summed E-state index contributed by atoms with van der Waals surface area (Å²) in [5.74, 6) is 0.257. The minimum absolute atomic E-state index is 0.0885. The molecule has 1 aliphatic rings. The number of nitro groups is 1. The Kier molecular flexibility index (Phi) is 7.38. The van der Waals surface area contributed by atoms with Gasteiger partial charge in [-0.2, -0.15) is 4.31 Å². The maximum absolute atomic E-state index is 12.9. The second kappa shape index (κ2) is 9.17. The molecular weight excluding hydrogens is 386 g/mol. The number of rotatable bonds is 9. The van der Waals surface area contributed by atoms with E-state index in [1.807, 2.05) is 6.92 Å². The number of piperidine rings is 1. The molecule has 2 N–H and O–H groups in total. The van der Waals surface area contributed by atoms with E-state index in [-0.39, 0.29) is 35.4 Å². The predicted molar refractivity (Wildman–Crippen MR) is 106 cm³/mol. The highest BCUT2D eigenvalue weighted by Crippen LogP contribution is 2.33. The average molecular weight is 416 g/mol. The molecule has 158 valence electrons. The van der Waals surface area contributed by atoms with Crippen LogP contribution in [-0.4, -0.2) is 61.7 Å². The van der Waals surface area contributed by atoms with Crippen LogP contribution in [0.25, 0.3) is 0 Å². The van der Waals surface area contributed by atoms with Crippen molar-refractivity contribution in [2.75, 3.05) is 38.7 Å². The highest BCUT2D eigenvalue weighted by Gasteiger charge is 2.32. The number of sulfonamides is 1. The van der Waals surface area contributed by atoms with Crippen LogP contribution >= 0.6 is 0 Å². The maximum atomic E-state index is 12.9. The van der Waals surface area contributed by atoms with Crippen LogP contribution in [0.1, 0.15) is 33.1 Å². The number of ether oxygens (including phenoxy) is 1. The number of methoxy groups -OCH3 is 1. The van der Waals surface area contributed by atoms with Crippen molar-refractivity contribution >= 4 is 21.4 Å². The number of nitrogens with one attached hydrogen (secondary N) is 1. The van der Waals surface area contributed by atoms with Crippen molar-refractivity contribution in [3.8, 4) is 0 Å². The van der Waals surface area contributed by atoms with Crippen LogP contribution in [-0.2, 0) is 14.8 Å². The van der Waals surface area contributed by atoms with Gasteiger partial charge < -0.3 is 15.2 Å². The Morgan fingerprint density at radius 1 is 1.46 bits per heavy atom. The molecule has 28 heavy (non-hydrogen) atoms. The first-order valence-corrected chi connectivity index (χ1v) is 10.7. The second-order valence-electron chi connectivity index (χ2n) is 7.64. The summed E-state index contributed by atoms with van der Waals surface area (Å²) in [5.41, 5.74) is -0.882. The molecule has 1 aromatic rings. The van der Waals surface area contributed by atoms with Gasteiger partial charge in [-0.25, -0.2) is 8.42 Å². The van der Waals surface area contributed by atoms with Gasteiger partial charge in [0.2, 0.25) is 10.0 Å². The van der Waals surface area contributed by atoms with Gasteiger partial charge in [-0.05, 0) is 44.2 Å². The quantitative estimate of drug-likeness (QED) is 0.468. The molecular formula is C18H29N3O6S. The number of hydrogen-bond acceptors (Lipinski definition) is 7. The van der Waals surface area contributed by atoms with Gasteiger partial charge in [0.25, 0.3) is 5.69 Å².